The summed E-state index contributed by atoms with van der Waals surface area (Å²) in [7, 11) is 1.88. The van der Waals surface area contributed by atoms with Crippen molar-refractivity contribution < 1.29 is 4.79 Å². The Morgan fingerprint density at radius 2 is 1.91 bits per heavy atom. The Morgan fingerprint density at radius 3 is 2.50 bits per heavy atom. The van der Waals surface area contributed by atoms with Gasteiger partial charge in [0.15, 0.2) is 0 Å². The largest absolute Gasteiger partial charge is 0.345 e. The standard InChI is InChI=1S/C17H26ClN3O/c1-12-6-7-13(2)21(12)15-5-4-8-20(11-15)17(22)16-9-14(18)10-19(16)3/h9-10,12-13,15H,4-8,11H2,1-3H3/t12-,13-,15+/m1/s1. The molecule has 0 aromatic carbocycles. The number of carbonyl (C=O) groups excluding carboxylic acids is 1. The van der Waals surface area contributed by atoms with E-state index in [1.165, 1.54) is 19.3 Å². The minimum Gasteiger partial charge on any atom is -0.345 e. The molecule has 0 spiro atoms. The highest BCUT2D eigenvalue weighted by atomic mass is 35.5. The summed E-state index contributed by atoms with van der Waals surface area (Å²) in [5.74, 6) is 0.110. The van der Waals surface area contributed by atoms with Crippen LogP contribution in [0.5, 0.6) is 0 Å². The molecular weight excluding hydrogens is 298 g/mol. The number of hydrogen-bond acceptors (Lipinski definition) is 2. The van der Waals surface area contributed by atoms with Crippen molar-refractivity contribution >= 4 is 17.5 Å². The minimum atomic E-state index is 0.110. The van der Waals surface area contributed by atoms with Crippen LogP contribution in [-0.2, 0) is 7.05 Å². The number of hydrogen-bond donors (Lipinski definition) is 0. The van der Waals surface area contributed by atoms with Gasteiger partial charge in [-0.2, -0.15) is 0 Å². The van der Waals surface area contributed by atoms with Crippen LogP contribution in [0.1, 0.15) is 50.0 Å². The number of piperidine rings is 1. The quantitative estimate of drug-likeness (QED) is 0.836. The molecule has 2 aliphatic rings. The zero-order valence-corrected chi connectivity index (χ0v) is 14.5. The van der Waals surface area contributed by atoms with Gasteiger partial charge in [-0.1, -0.05) is 11.6 Å². The lowest BCUT2D eigenvalue weighted by Crippen LogP contribution is -2.52. The van der Waals surface area contributed by atoms with Crippen LogP contribution in [0.3, 0.4) is 0 Å². The third-order valence-corrected chi connectivity index (χ3v) is 5.52. The lowest BCUT2D eigenvalue weighted by Gasteiger charge is -2.41. The van der Waals surface area contributed by atoms with E-state index in [2.05, 4.69) is 18.7 Å². The first-order chi connectivity index (χ1) is 10.5. The van der Waals surface area contributed by atoms with Crippen molar-refractivity contribution in [2.75, 3.05) is 13.1 Å². The second-order valence-corrected chi connectivity index (χ2v) is 7.36. The maximum atomic E-state index is 12.8. The molecule has 3 rings (SSSR count). The first kappa shape index (κ1) is 15.9. The number of nitrogens with zero attached hydrogens (tertiary/aromatic N) is 3. The summed E-state index contributed by atoms with van der Waals surface area (Å²) in [5, 5.41) is 0.626. The molecule has 2 fully saturated rings. The summed E-state index contributed by atoms with van der Waals surface area (Å²) in [5.41, 5.74) is 0.688. The van der Waals surface area contributed by atoms with Crippen molar-refractivity contribution in [3.8, 4) is 0 Å². The summed E-state index contributed by atoms with van der Waals surface area (Å²) >= 11 is 6.02. The van der Waals surface area contributed by atoms with Crippen molar-refractivity contribution in [1.82, 2.24) is 14.4 Å². The van der Waals surface area contributed by atoms with Crippen LogP contribution in [0.25, 0.3) is 0 Å². The Bertz CT molecular complexity index is 546. The van der Waals surface area contributed by atoms with Gasteiger partial charge >= 0.3 is 0 Å². The van der Waals surface area contributed by atoms with E-state index in [0.717, 1.165) is 19.5 Å². The Morgan fingerprint density at radius 1 is 1.23 bits per heavy atom. The number of aromatic nitrogens is 1. The van der Waals surface area contributed by atoms with Crippen LogP contribution in [0.4, 0.5) is 0 Å². The minimum absolute atomic E-state index is 0.110. The molecule has 5 heteroatoms. The molecule has 1 aromatic rings. The summed E-state index contributed by atoms with van der Waals surface area (Å²) in [6, 6.07) is 3.55. The Labute approximate surface area is 138 Å². The van der Waals surface area contributed by atoms with Crippen LogP contribution < -0.4 is 0 Å². The van der Waals surface area contributed by atoms with Gasteiger partial charge in [0.2, 0.25) is 0 Å². The van der Waals surface area contributed by atoms with E-state index in [1.807, 2.05) is 16.5 Å². The van der Waals surface area contributed by atoms with Gasteiger partial charge in [0.25, 0.3) is 5.91 Å². The van der Waals surface area contributed by atoms with E-state index in [4.69, 9.17) is 11.6 Å². The zero-order valence-electron chi connectivity index (χ0n) is 13.8. The van der Waals surface area contributed by atoms with Gasteiger partial charge in [0.05, 0.1) is 5.02 Å². The van der Waals surface area contributed by atoms with Gasteiger partial charge in [-0.25, -0.2) is 0 Å². The summed E-state index contributed by atoms with van der Waals surface area (Å²) in [6.07, 6.45) is 6.63. The first-order valence-corrected chi connectivity index (χ1v) is 8.73. The molecule has 0 N–H and O–H groups in total. The number of aryl methyl sites for hydroxylation is 1. The van der Waals surface area contributed by atoms with Crippen LogP contribution in [0.2, 0.25) is 5.02 Å². The third-order valence-electron chi connectivity index (χ3n) is 5.32. The lowest BCUT2D eigenvalue weighted by molar-refractivity contribution is 0.0479. The van der Waals surface area contributed by atoms with E-state index in [0.29, 0.717) is 28.8 Å². The molecule has 3 heterocycles. The topological polar surface area (TPSA) is 28.5 Å². The molecule has 0 saturated carbocycles. The number of amides is 1. The number of halogens is 1. The highest BCUT2D eigenvalue weighted by Gasteiger charge is 2.36. The zero-order chi connectivity index (χ0) is 15.9. The second kappa shape index (κ2) is 6.25. The van der Waals surface area contributed by atoms with Gasteiger partial charge in [-0.3, -0.25) is 9.69 Å². The van der Waals surface area contributed by atoms with Crippen molar-refractivity contribution in [3.05, 3.63) is 23.0 Å². The van der Waals surface area contributed by atoms with E-state index in [1.54, 1.807) is 12.3 Å². The normalized spacial score (nSPS) is 30.0. The van der Waals surface area contributed by atoms with Gasteiger partial charge in [0.1, 0.15) is 5.69 Å². The fraction of sp³-hybridized carbons (Fsp3) is 0.706. The molecule has 0 radical (unpaired) electrons. The lowest BCUT2D eigenvalue weighted by atomic mass is 10.0. The maximum Gasteiger partial charge on any atom is 0.270 e. The fourth-order valence-electron chi connectivity index (χ4n) is 4.22. The Balaban J connectivity index is 1.73. The molecule has 3 atom stereocenters. The van der Waals surface area contributed by atoms with Gasteiger partial charge in [-0.15, -0.1) is 0 Å². The Kier molecular flexibility index (Phi) is 4.51. The smallest absolute Gasteiger partial charge is 0.270 e. The third kappa shape index (κ3) is 2.91. The number of carbonyl (C=O) groups is 1. The van der Waals surface area contributed by atoms with Gasteiger partial charge < -0.3 is 9.47 Å². The average Bonchev–Trinajstić information content (AvgIpc) is 3.00. The molecule has 2 aliphatic heterocycles. The number of likely N-dealkylation sites (tertiary alicyclic amines) is 2. The SMILES string of the molecule is C[C@@H]1CC[C@@H](C)N1[C@H]1CCCN(C(=O)c2cc(Cl)cn2C)C1. The van der Waals surface area contributed by atoms with Crippen LogP contribution in [0, 0.1) is 0 Å². The van der Waals surface area contributed by atoms with Crippen LogP contribution in [0.15, 0.2) is 12.3 Å². The van der Waals surface area contributed by atoms with E-state index >= 15 is 0 Å². The van der Waals surface area contributed by atoms with E-state index < -0.39 is 0 Å². The monoisotopic (exact) mass is 323 g/mol. The van der Waals surface area contributed by atoms with Crippen molar-refractivity contribution in [2.45, 2.75) is 57.7 Å². The molecule has 2 saturated heterocycles. The van der Waals surface area contributed by atoms with E-state index in [-0.39, 0.29) is 5.91 Å². The van der Waals surface area contributed by atoms with E-state index in [9.17, 15) is 4.79 Å². The molecule has 122 valence electrons. The molecule has 0 unspecified atom stereocenters. The summed E-state index contributed by atoms with van der Waals surface area (Å²) < 4.78 is 1.83. The summed E-state index contributed by atoms with van der Waals surface area (Å²) in [6.45, 7) is 6.34. The van der Waals surface area contributed by atoms with Gasteiger partial charge in [0, 0.05) is 44.5 Å². The maximum absolute atomic E-state index is 12.8. The Hall–Kier alpha value is -1.00. The molecular formula is C17H26ClN3O. The average molecular weight is 324 g/mol. The van der Waals surface area contributed by atoms with Crippen LogP contribution >= 0.6 is 11.6 Å². The first-order valence-electron chi connectivity index (χ1n) is 8.36. The predicted molar refractivity (Wildman–Crippen MR) is 89.3 cm³/mol. The number of rotatable bonds is 2. The molecule has 0 bridgehead atoms. The fourth-order valence-corrected chi connectivity index (χ4v) is 4.47. The highest BCUT2D eigenvalue weighted by molar-refractivity contribution is 6.31. The predicted octanol–water partition coefficient (Wildman–Crippen LogP) is 3.16. The molecule has 4 nitrogen and oxygen atoms in total. The highest BCUT2D eigenvalue weighted by Crippen LogP contribution is 2.30. The van der Waals surface area contributed by atoms with Crippen molar-refractivity contribution in [1.29, 1.82) is 0 Å². The second-order valence-electron chi connectivity index (χ2n) is 6.92. The van der Waals surface area contributed by atoms with Crippen molar-refractivity contribution in [2.24, 2.45) is 7.05 Å². The summed E-state index contributed by atoms with van der Waals surface area (Å²) in [4.78, 5) is 17.4. The molecule has 1 aromatic heterocycles. The van der Waals surface area contributed by atoms with Gasteiger partial charge in [-0.05, 0) is 45.6 Å². The molecule has 22 heavy (non-hydrogen) atoms. The van der Waals surface area contributed by atoms with Crippen molar-refractivity contribution in [3.63, 3.8) is 0 Å². The molecule has 0 aliphatic carbocycles. The molecule has 1 amide bonds. The van der Waals surface area contributed by atoms with Crippen LogP contribution in [-0.4, -0.2) is 51.5 Å².